The van der Waals surface area contributed by atoms with Crippen LogP contribution in [0, 0.1) is 0 Å². The Morgan fingerprint density at radius 3 is 0.882 bits per heavy atom. The molecule has 2 aromatic heterocycles. The zero-order valence-corrected chi connectivity index (χ0v) is 20.0. The van der Waals surface area contributed by atoms with Crippen LogP contribution in [-0.4, -0.2) is 0 Å². The summed E-state index contributed by atoms with van der Waals surface area (Å²) in [6.45, 7) is 0. The Hall–Kier alpha value is -3.86. The smallest absolute Gasteiger partial charge is 0.102 e. The average molecular weight is 475 g/mol. The molecule has 0 atom stereocenters. The van der Waals surface area contributed by atoms with Gasteiger partial charge < -0.3 is 9.80 Å². The standard InChI is InChI=1S/C30H22N2S2/c1-5-13-23(14-6-1)31(24-15-7-2-8-16-24)29-21-27-28(33-29)22-30(34-27)32(25-17-9-3-10-18-25)26-19-11-4-12-20-26/h1-22H. The highest BCUT2D eigenvalue weighted by Gasteiger charge is 2.19. The summed E-state index contributed by atoms with van der Waals surface area (Å²) in [6, 6.07) is 47.0. The molecule has 6 aromatic rings. The first-order chi connectivity index (χ1) is 16.9. The van der Waals surface area contributed by atoms with Crippen LogP contribution >= 0.6 is 22.7 Å². The highest BCUT2D eigenvalue weighted by Crippen LogP contribution is 2.48. The van der Waals surface area contributed by atoms with Gasteiger partial charge in [-0.05, 0) is 60.7 Å². The third-order valence-corrected chi connectivity index (χ3v) is 7.94. The van der Waals surface area contributed by atoms with Crippen LogP contribution in [-0.2, 0) is 0 Å². The largest absolute Gasteiger partial charge is 0.302 e. The molecule has 0 aliphatic carbocycles. The minimum Gasteiger partial charge on any atom is -0.302 e. The maximum absolute atomic E-state index is 2.34. The Labute approximate surface area is 207 Å². The van der Waals surface area contributed by atoms with Gasteiger partial charge in [0.25, 0.3) is 0 Å². The SMILES string of the molecule is c1ccc(N(c2ccccc2)c2cc3sc(N(c4ccccc4)c4ccccc4)cc3s2)cc1. The maximum Gasteiger partial charge on any atom is 0.102 e. The van der Waals surface area contributed by atoms with Crippen molar-refractivity contribution in [3.05, 3.63) is 133 Å². The van der Waals surface area contributed by atoms with Gasteiger partial charge in [-0.25, -0.2) is 0 Å². The second-order valence-electron chi connectivity index (χ2n) is 7.91. The monoisotopic (exact) mass is 474 g/mol. The van der Waals surface area contributed by atoms with Gasteiger partial charge in [0.05, 0.1) is 0 Å². The molecule has 0 spiro atoms. The second-order valence-corrected chi connectivity index (χ2v) is 10.0. The molecule has 0 aliphatic rings. The number of fused-ring (bicyclic) bond motifs is 1. The van der Waals surface area contributed by atoms with E-state index >= 15 is 0 Å². The van der Waals surface area contributed by atoms with Crippen LogP contribution in [0.4, 0.5) is 32.8 Å². The van der Waals surface area contributed by atoms with Crippen molar-refractivity contribution in [1.29, 1.82) is 0 Å². The molecule has 0 radical (unpaired) electrons. The van der Waals surface area contributed by atoms with E-state index in [2.05, 4.69) is 143 Å². The van der Waals surface area contributed by atoms with Crippen molar-refractivity contribution in [2.24, 2.45) is 0 Å². The molecule has 34 heavy (non-hydrogen) atoms. The molecule has 2 heterocycles. The summed E-state index contributed by atoms with van der Waals surface area (Å²) in [5, 5.41) is 2.44. The van der Waals surface area contributed by atoms with Gasteiger partial charge >= 0.3 is 0 Å². The van der Waals surface area contributed by atoms with Gasteiger partial charge in [0.2, 0.25) is 0 Å². The quantitative estimate of drug-likeness (QED) is 0.237. The highest BCUT2D eigenvalue weighted by atomic mass is 32.1. The molecule has 4 aromatic carbocycles. The number of para-hydroxylation sites is 4. The van der Waals surface area contributed by atoms with Gasteiger partial charge in [0.1, 0.15) is 10.0 Å². The first-order valence-electron chi connectivity index (χ1n) is 11.2. The number of nitrogens with zero attached hydrogens (tertiary/aromatic N) is 2. The third-order valence-electron chi connectivity index (χ3n) is 5.68. The van der Waals surface area contributed by atoms with Crippen LogP contribution < -0.4 is 9.80 Å². The summed E-state index contributed by atoms with van der Waals surface area (Å²) < 4.78 is 2.59. The van der Waals surface area contributed by atoms with Crippen LogP contribution in [0.25, 0.3) is 9.40 Å². The van der Waals surface area contributed by atoms with Crippen molar-refractivity contribution < 1.29 is 0 Å². The van der Waals surface area contributed by atoms with Crippen LogP contribution in [0.5, 0.6) is 0 Å². The van der Waals surface area contributed by atoms with Crippen LogP contribution in [0.15, 0.2) is 133 Å². The molecule has 0 saturated carbocycles. The van der Waals surface area contributed by atoms with Gasteiger partial charge in [0, 0.05) is 32.1 Å². The normalized spacial score (nSPS) is 10.9. The van der Waals surface area contributed by atoms with E-state index in [4.69, 9.17) is 0 Å². The summed E-state index contributed by atoms with van der Waals surface area (Å²) in [5.74, 6) is 0. The topological polar surface area (TPSA) is 6.48 Å². The third kappa shape index (κ3) is 3.98. The summed E-state index contributed by atoms with van der Waals surface area (Å²) in [5.41, 5.74) is 4.66. The number of benzene rings is 4. The van der Waals surface area contributed by atoms with Crippen molar-refractivity contribution in [3.63, 3.8) is 0 Å². The fourth-order valence-electron chi connectivity index (χ4n) is 4.15. The zero-order chi connectivity index (χ0) is 22.7. The lowest BCUT2D eigenvalue weighted by Crippen LogP contribution is -2.08. The molecule has 0 amide bonds. The lowest BCUT2D eigenvalue weighted by Gasteiger charge is -2.24. The predicted molar refractivity (Wildman–Crippen MR) is 149 cm³/mol. The van der Waals surface area contributed by atoms with E-state index in [1.807, 2.05) is 22.7 Å². The first kappa shape index (κ1) is 20.7. The highest BCUT2D eigenvalue weighted by molar-refractivity contribution is 7.31. The first-order valence-corrected chi connectivity index (χ1v) is 12.8. The minimum atomic E-state index is 1.16. The molecule has 0 bridgehead atoms. The number of rotatable bonds is 6. The van der Waals surface area contributed by atoms with Crippen molar-refractivity contribution in [2.45, 2.75) is 0 Å². The number of hydrogen-bond acceptors (Lipinski definition) is 4. The Bertz CT molecular complexity index is 1270. The Kier molecular flexibility index (Phi) is 5.60. The van der Waals surface area contributed by atoms with E-state index in [1.54, 1.807) is 0 Å². The van der Waals surface area contributed by atoms with Gasteiger partial charge in [-0.3, -0.25) is 0 Å². The summed E-state index contributed by atoms with van der Waals surface area (Å²) in [7, 11) is 0. The van der Waals surface area contributed by atoms with E-state index < -0.39 is 0 Å². The molecule has 0 N–H and O–H groups in total. The molecule has 164 valence electrons. The van der Waals surface area contributed by atoms with E-state index in [0.29, 0.717) is 0 Å². The molecule has 4 heteroatoms. The van der Waals surface area contributed by atoms with Crippen molar-refractivity contribution >= 4 is 64.8 Å². The van der Waals surface area contributed by atoms with Crippen molar-refractivity contribution in [2.75, 3.05) is 9.80 Å². The second kappa shape index (κ2) is 9.18. The van der Waals surface area contributed by atoms with Crippen LogP contribution in [0.1, 0.15) is 0 Å². The minimum absolute atomic E-state index is 1.16. The fourth-order valence-corrected chi connectivity index (χ4v) is 6.61. The maximum atomic E-state index is 2.34. The van der Waals surface area contributed by atoms with Gasteiger partial charge in [-0.1, -0.05) is 72.8 Å². The predicted octanol–water partition coefficient (Wildman–Crippen LogP) is 9.90. The van der Waals surface area contributed by atoms with Gasteiger partial charge in [-0.15, -0.1) is 22.7 Å². The molecule has 0 unspecified atom stereocenters. The van der Waals surface area contributed by atoms with Crippen molar-refractivity contribution in [1.82, 2.24) is 0 Å². The number of thiophene rings is 2. The molecular formula is C30H22N2S2. The van der Waals surface area contributed by atoms with E-state index in [0.717, 1.165) is 22.7 Å². The van der Waals surface area contributed by atoms with Gasteiger partial charge in [0.15, 0.2) is 0 Å². The zero-order valence-electron chi connectivity index (χ0n) is 18.4. The summed E-state index contributed by atoms with van der Waals surface area (Å²) in [6.07, 6.45) is 0. The Balaban J connectivity index is 1.44. The lowest BCUT2D eigenvalue weighted by atomic mass is 10.2. The fraction of sp³-hybridized carbons (Fsp3) is 0. The van der Waals surface area contributed by atoms with E-state index in [-0.39, 0.29) is 0 Å². The lowest BCUT2D eigenvalue weighted by molar-refractivity contribution is 1.32. The van der Waals surface area contributed by atoms with Gasteiger partial charge in [-0.2, -0.15) is 0 Å². The molecule has 0 fully saturated rings. The van der Waals surface area contributed by atoms with E-state index in [1.165, 1.54) is 19.4 Å². The molecule has 0 aliphatic heterocycles. The Morgan fingerprint density at radius 2 is 0.618 bits per heavy atom. The molecular weight excluding hydrogens is 452 g/mol. The molecule has 0 saturated heterocycles. The molecule has 6 rings (SSSR count). The van der Waals surface area contributed by atoms with Crippen molar-refractivity contribution in [3.8, 4) is 0 Å². The number of hydrogen-bond donors (Lipinski definition) is 0. The summed E-state index contributed by atoms with van der Waals surface area (Å²) >= 11 is 3.67. The molecule has 2 nitrogen and oxygen atoms in total. The average Bonchev–Trinajstić information content (AvgIpc) is 3.46. The Morgan fingerprint density at radius 1 is 0.353 bits per heavy atom. The van der Waals surface area contributed by atoms with Crippen LogP contribution in [0.2, 0.25) is 0 Å². The van der Waals surface area contributed by atoms with E-state index in [9.17, 15) is 0 Å². The summed E-state index contributed by atoms with van der Waals surface area (Å²) in [4.78, 5) is 4.67. The van der Waals surface area contributed by atoms with Crippen LogP contribution in [0.3, 0.4) is 0 Å². The number of anilines is 6.